The van der Waals surface area contributed by atoms with E-state index in [0.29, 0.717) is 11.4 Å². The van der Waals surface area contributed by atoms with Gasteiger partial charge >= 0.3 is 5.97 Å². The topological polar surface area (TPSA) is 86.1 Å². The van der Waals surface area contributed by atoms with E-state index < -0.39 is 5.97 Å². The van der Waals surface area contributed by atoms with E-state index in [0.717, 1.165) is 16.8 Å². The molecule has 0 aliphatic heterocycles. The Morgan fingerprint density at radius 3 is 2.64 bits per heavy atom. The summed E-state index contributed by atoms with van der Waals surface area (Å²) in [5, 5.41) is 7.49. The Kier molecular flexibility index (Phi) is 6.51. The zero-order valence-electron chi connectivity index (χ0n) is 18.1. The number of amides is 1. The minimum absolute atomic E-state index is 0.128. The number of ether oxygens (including phenoxy) is 1. The molecule has 0 saturated carbocycles. The first kappa shape index (κ1) is 22.2. The fourth-order valence-corrected chi connectivity index (χ4v) is 3.59. The van der Waals surface area contributed by atoms with Gasteiger partial charge in [-0.2, -0.15) is 5.10 Å². The van der Waals surface area contributed by atoms with E-state index in [4.69, 9.17) is 16.3 Å². The molecule has 33 heavy (non-hydrogen) atoms. The summed E-state index contributed by atoms with van der Waals surface area (Å²) in [5.41, 5.74) is 4.31. The van der Waals surface area contributed by atoms with Crippen molar-refractivity contribution in [3.05, 3.63) is 94.9 Å². The quantitative estimate of drug-likeness (QED) is 0.310. The maximum Gasteiger partial charge on any atom is 0.358 e. The van der Waals surface area contributed by atoms with Gasteiger partial charge in [-0.25, -0.2) is 14.5 Å². The third-order valence-electron chi connectivity index (χ3n) is 4.96. The minimum Gasteiger partial charge on any atom is -0.461 e. The molecule has 8 heteroatoms. The van der Waals surface area contributed by atoms with Gasteiger partial charge in [0, 0.05) is 17.4 Å². The number of para-hydroxylation sites is 1. The Balaban J connectivity index is 1.74. The number of benzene rings is 2. The summed E-state index contributed by atoms with van der Waals surface area (Å²) >= 11 is 6.05. The molecule has 1 N–H and O–H groups in total. The molecule has 0 aliphatic carbocycles. The first-order chi connectivity index (χ1) is 16.0. The largest absolute Gasteiger partial charge is 0.461 e. The number of carbonyl (C=O) groups excluding carboxylic acids is 2. The van der Waals surface area contributed by atoms with E-state index in [2.05, 4.69) is 15.4 Å². The average Bonchev–Trinajstić information content (AvgIpc) is 3.25. The van der Waals surface area contributed by atoms with Crippen molar-refractivity contribution in [3.63, 3.8) is 0 Å². The highest BCUT2D eigenvalue weighted by Gasteiger charge is 2.19. The molecule has 4 aromatic rings. The van der Waals surface area contributed by atoms with E-state index in [1.54, 1.807) is 35.9 Å². The van der Waals surface area contributed by atoms with Crippen molar-refractivity contribution in [3.8, 4) is 16.9 Å². The number of carbonyl (C=O) groups is 2. The fraction of sp³-hybridized carbons (Fsp3) is 0.120. The number of halogens is 1. The van der Waals surface area contributed by atoms with Crippen molar-refractivity contribution < 1.29 is 14.3 Å². The number of rotatable bonds is 6. The average molecular weight is 461 g/mol. The number of aromatic nitrogens is 3. The fourth-order valence-electron chi connectivity index (χ4n) is 3.39. The number of hydrogen-bond acceptors (Lipinski definition) is 5. The molecular weight excluding hydrogens is 440 g/mol. The Morgan fingerprint density at radius 1 is 1.06 bits per heavy atom. The molecule has 0 bridgehead atoms. The lowest BCUT2D eigenvalue weighted by Crippen LogP contribution is -2.13. The number of anilines is 1. The highest BCUT2D eigenvalue weighted by molar-refractivity contribution is 6.33. The molecule has 0 saturated heterocycles. The van der Waals surface area contributed by atoms with Crippen LogP contribution in [0.25, 0.3) is 16.9 Å². The third-order valence-corrected chi connectivity index (χ3v) is 5.26. The summed E-state index contributed by atoms with van der Waals surface area (Å²) in [6.07, 6.45) is 1.52. The second kappa shape index (κ2) is 9.67. The summed E-state index contributed by atoms with van der Waals surface area (Å²) in [6.45, 7) is 3.97. The number of nitrogens with zero attached hydrogens (tertiary/aromatic N) is 3. The van der Waals surface area contributed by atoms with E-state index >= 15 is 0 Å². The number of nitrogens with one attached hydrogen (secondary N) is 1. The van der Waals surface area contributed by atoms with Crippen molar-refractivity contribution in [1.82, 2.24) is 14.8 Å². The predicted octanol–water partition coefficient (Wildman–Crippen LogP) is 5.33. The molecule has 0 aliphatic rings. The Bertz CT molecular complexity index is 1330. The van der Waals surface area contributed by atoms with E-state index in [1.165, 1.54) is 6.20 Å². The molecular formula is C25H21ClN4O3. The molecule has 166 valence electrons. The van der Waals surface area contributed by atoms with Crippen molar-refractivity contribution in [1.29, 1.82) is 0 Å². The zero-order chi connectivity index (χ0) is 23.4. The van der Waals surface area contributed by atoms with Gasteiger partial charge < -0.3 is 10.1 Å². The Morgan fingerprint density at radius 2 is 1.88 bits per heavy atom. The molecule has 0 atom stereocenters. The molecule has 0 unspecified atom stereocenters. The van der Waals surface area contributed by atoms with E-state index in [1.807, 2.05) is 49.4 Å². The minimum atomic E-state index is -0.498. The number of esters is 1. The molecule has 0 radical (unpaired) electrons. The molecule has 2 aromatic heterocycles. The van der Waals surface area contributed by atoms with Crippen molar-refractivity contribution in [2.75, 3.05) is 11.9 Å². The van der Waals surface area contributed by atoms with Crippen LogP contribution in [0.2, 0.25) is 5.15 Å². The lowest BCUT2D eigenvalue weighted by molar-refractivity contribution is 0.0519. The highest BCUT2D eigenvalue weighted by Crippen LogP contribution is 2.28. The van der Waals surface area contributed by atoms with Gasteiger partial charge in [-0.3, -0.25) is 4.79 Å². The smallest absolute Gasteiger partial charge is 0.358 e. The molecule has 4 rings (SSSR count). The Hall–Kier alpha value is -3.97. The van der Waals surface area contributed by atoms with Crippen LogP contribution in [0.1, 0.15) is 33.3 Å². The van der Waals surface area contributed by atoms with Gasteiger partial charge in [0.05, 0.1) is 23.6 Å². The SMILES string of the molecule is CCOC(=O)c1cc(-c2cccc(NC(=O)c3cccnc3Cl)c2)n(-c2ccccc2C)n1. The van der Waals surface area contributed by atoms with Gasteiger partial charge in [0.25, 0.3) is 5.91 Å². The molecule has 0 fully saturated rings. The maximum absolute atomic E-state index is 12.7. The van der Waals surface area contributed by atoms with Crippen LogP contribution in [0.4, 0.5) is 5.69 Å². The second-order valence-electron chi connectivity index (χ2n) is 7.21. The second-order valence-corrected chi connectivity index (χ2v) is 7.57. The van der Waals surface area contributed by atoms with Gasteiger partial charge in [0.15, 0.2) is 5.69 Å². The van der Waals surface area contributed by atoms with Crippen molar-refractivity contribution in [2.45, 2.75) is 13.8 Å². The van der Waals surface area contributed by atoms with Crippen LogP contribution in [0.5, 0.6) is 0 Å². The van der Waals surface area contributed by atoms with Crippen LogP contribution in [-0.2, 0) is 4.74 Å². The number of pyridine rings is 1. The van der Waals surface area contributed by atoms with Crippen molar-refractivity contribution >= 4 is 29.2 Å². The maximum atomic E-state index is 12.7. The molecule has 0 spiro atoms. The van der Waals surface area contributed by atoms with Crippen LogP contribution in [0, 0.1) is 6.92 Å². The van der Waals surface area contributed by atoms with E-state index in [9.17, 15) is 9.59 Å². The van der Waals surface area contributed by atoms with Crippen molar-refractivity contribution in [2.24, 2.45) is 0 Å². The Labute approximate surface area is 196 Å². The summed E-state index contributed by atoms with van der Waals surface area (Å²) in [6, 6.07) is 20.0. The number of aryl methyl sites for hydroxylation is 1. The normalized spacial score (nSPS) is 10.6. The third kappa shape index (κ3) is 4.78. The van der Waals surface area contributed by atoms with Crippen LogP contribution in [0.3, 0.4) is 0 Å². The highest BCUT2D eigenvalue weighted by atomic mass is 35.5. The van der Waals surface area contributed by atoms with Gasteiger partial charge in [0.2, 0.25) is 0 Å². The van der Waals surface area contributed by atoms with Crippen LogP contribution in [0.15, 0.2) is 72.9 Å². The lowest BCUT2D eigenvalue weighted by atomic mass is 10.1. The van der Waals surface area contributed by atoms with Crippen LogP contribution in [-0.4, -0.2) is 33.2 Å². The van der Waals surface area contributed by atoms with Crippen LogP contribution >= 0.6 is 11.6 Å². The zero-order valence-corrected chi connectivity index (χ0v) is 18.8. The van der Waals surface area contributed by atoms with Gasteiger partial charge in [-0.05, 0) is 55.8 Å². The monoisotopic (exact) mass is 460 g/mol. The predicted molar refractivity (Wildman–Crippen MR) is 127 cm³/mol. The van der Waals surface area contributed by atoms with Gasteiger partial charge in [-0.15, -0.1) is 0 Å². The molecule has 2 heterocycles. The number of hydrogen-bond donors (Lipinski definition) is 1. The van der Waals surface area contributed by atoms with E-state index in [-0.39, 0.29) is 28.9 Å². The molecule has 7 nitrogen and oxygen atoms in total. The molecule has 2 aromatic carbocycles. The first-order valence-corrected chi connectivity index (χ1v) is 10.7. The van der Waals surface area contributed by atoms with Gasteiger partial charge in [0.1, 0.15) is 5.15 Å². The summed E-state index contributed by atoms with van der Waals surface area (Å²) in [7, 11) is 0. The van der Waals surface area contributed by atoms with Gasteiger partial charge in [-0.1, -0.05) is 41.9 Å². The summed E-state index contributed by atoms with van der Waals surface area (Å²) < 4.78 is 6.85. The molecule has 1 amide bonds. The first-order valence-electron chi connectivity index (χ1n) is 10.3. The summed E-state index contributed by atoms with van der Waals surface area (Å²) in [5.74, 6) is -0.869. The summed E-state index contributed by atoms with van der Waals surface area (Å²) in [4.78, 5) is 29.0. The standard InChI is InChI=1S/C25H21ClN4O3/c1-3-33-25(32)20-15-22(30(29-20)21-12-5-4-8-16(21)2)17-9-6-10-18(14-17)28-24(31)19-11-7-13-27-23(19)26/h4-15H,3H2,1-2H3,(H,28,31). The lowest BCUT2D eigenvalue weighted by Gasteiger charge is -2.12. The van der Waals surface area contributed by atoms with Crippen LogP contribution < -0.4 is 5.32 Å².